The zero-order chi connectivity index (χ0) is 16.1. The van der Waals surface area contributed by atoms with Gasteiger partial charge in [0.05, 0.1) is 16.1 Å². The molecule has 0 nitrogen and oxygen atoms in total. The van der Waals surface area contributed by atoms with E-state index in [1.807, 2.05) is 0 Å². The molecule has 120 valence electrons. The second kappa shape index (κ2) is 7.78. The summed E-state index contributed by atoms with van der Waals surface area (Å²) in [4.78, 5) is 0. The number of unbranched alkanes of at least 4 members (excludes halogenated alkanes) is 1. The fourth-order valence-corrected chi connectivity index (χ4v) is 8.39. The van der Waals surface area contributed by atoms with Crippen molar-refractivity contribution in [1.29, 1.82) is 0 Å². The molecule has 1 aromatic rings. The van der Waals surface area contributed by atoms with E-state index in [9.17, 15) is 0 Å². The van der Waals surface area contributed by atoms with E-state index in [0.717, 1.165) is 5.54 Å². The van der Waals surface area contributed by atoms with Crippen LogP contribution in [0.1, 0.15) is 46.5 Å². The van der Waals surface area contributed by atoms with Crippen molar-refractivity contribution >= 4 is 26.5 Å². The molecular weight excluding hydrogens is 284 g/mol. The Hall–Kier alpha value is -0.346. The van der Waals surface area contributed by atoms with Gasteiger partial charge >= 0.3 is 0 Å². The molecule has 21 heavy (non-hydrogen) atoms. The maximum Gasteiger partial charge on any atom is 0.0834 e. The third-order valence-electron chi connectivity index (χ3n) is 5.52. The molecule has 1 rings (SSSR count). The first kappa shape index (κ1) is 18.7. The molecule has 0 fully saturated rings. The molecule has 0 aliphatic carbocycles. The highest BCUT2D eigenvalue weighted by Gasteiger charge is 2.30. The fraction of sp³-hybridized carbons (Fsp3) is 0.684. The van der Waals surface area contributed by atoms with Gasteiger partial charge in [0.1, 0.15) is 0 Å². The third-order valence-corrected chi connectivity index (χ3v) is 13.6. The van der Waals surface area contributed by atoms with Crippen molar-refractivity contribution in [2.75, 3.05) is 0 Å². The first-order valence-electron chi connectivity index (χ1n) is 8.86. The second-order valence-corrected chi connectivity index (χ2v) is 17.8. The molecule has 0 bridgehead atoms. The van der Waals surface area contributed by atoms with Crippen LogP contribution < -0.4 is 10.4 Å². The number of hydrogen-bond acceptors (Lipinski definition) is 0. The van der Waals surface area contributed by atoms with Crippen LogP contribution in [-0.2, 0) is 0 Å². The SMILES string of the molecule is CCCC[Si](C)(C)c1ccc([Si](C)(C)C(C)CCC)cc1. The largest absolute Gasteiger partial charge is 0.0834 e. The van der Waals surface area contributed by atoms with Crippen LogP contribution in [0, 0.1) is 0 Å². The lowest BCUT2D eigenvalue weighted by atomic mass is 10.3. The summed E-state index contributed by atoms with van der Waals surface area (Å²) in [6, 6.07) is 11.3. The molecule has 0 aliphatic rings. The monoisotopic (exact) mass is 320 g/mol. The lowest BCUT2D eigenvalue weighted by Crippen LogP contribution is -2.47. The van der Waals surface area contributed by atoms with Crippen molar-refractivity contribution in [3.05, 3.63) is 24.3 Å². The zero-order valence-electron chi connectivity index (χ0n) is 15.4. The van der Waals surface area contributed by atoms with Gasteiger partial charge in [0.2, 0.25) is 0 Å². The van der Waals surface area contributed by atoms with Crippen LogP contribution in [-0.4, -0.2) is 16.1 Å². The van der Waals surface area contributed by atoms with Crippen LogP contribution in [0.3, 0.4) is 0 Å². The van der Waals surface area contributed by atoms with Gasteiger partial charge in [-0.15, -0.1) is 0 Å². The molecule has 2 heteroatoms. The minimum Gasteiger partial charge on any atom is -0.0654 e. The maximum absolute atomic E-state index is 2.54. The molecule has 0 saturated carbocycles. The highest BCUT2D eigenvalue weighted by Crippen LogP contribution is 2.26. The molecule has 1 atom stereocenters. The Morgan fingerprint density at radius 3 is 1.86 bits per heavy atom. The molecule has 0 aliphatic heterocycles. The third kappa shape index (κ3) is 4.82. The van der Waals surface area contributed by atoms with Crippen molar-refractivity contribution in [3.63, 3.8) is 0 Å². The molecule has 0 radical (unpaired) electrons. The second-order valence-electron chi connectivity index (χ2n) is 7.98. The lowest BCUT2D eigenvalue weighted by Gasteiger charge is -2.31. The van der Waals surface area contributed by atoms with E-state index in [4.69, 9.17) is 0 Å². The van der Waals surface area contributed by atoms with Crippen molar-refractivity contribution < 1.29 is 0 Å². The molecular formula is C19H36Si2. The number of benzene rings is 1. The van der Waals surface area contributed by atoms with Crippen molar-refractivity contribution in [2.45, 2.75) is 84.2 Å². The lowest BCUT2D eigenvalue weighted by molar-refractivity contribution is 0.749. The zero-order valence-corrected chi connectivity index (χ0v) is 17.4. The first-order valence-corrected chi connectivity index (χ1v) is 15.1. The van der Waals surface area contributed by atoms with Gasteiger partial charge in [-0.1, -0.05) is 113 Å². The van der Waals surface area contributed by atoms with E-state index >= 15 is 0 Å². The van der Waals surface area contributed by atoms with Gasteiger partial charge in [-0.3, -0.25) is 0 Å². The molecule has 0 spiro atoms. The summed E-state index contributed by atoms with van der Waals surface area (Å²) in [7, 11) is -2.51. The van der Waals surface area contributed by atoms with Crippen LogP contribution >= 0.6 is 0 Å². The topological polar surface area (TPSA) is 0 Å². The number of hydrogen-bond donors (Lipinski definition) is 0. The Bertz CT molecular complexity index is 418. The van der Waals surface area contributed by atoms with Crippen LogP contribution in [0.15, 0.2) is 24.3 Å². The van der Waals surface area contributed by atoms with Crippen molar-refractivity contribution in [3.8, 4) is 0 Å². The molecule has 0 amide bonds. The van der Waals surface area contributed by atoms with Gasteiger partial charge in [0.15, 0.2) is 0 Å². The van der Waals surface area contributed by atoms with E-state index in [1.54, 1.807) is 10.4 Å². The van der Waals surface area contributed by atoms with E-state index in [2.05, 4.69) is 71.2 Å². The predicted octanol–water partition coefficient (Wildman–Crippen LogP) is 5.51. The Morgan fingerprint density at radius 2 is 1.38 bits per heavy atom. The smallest absolute Gasteiger partial charge is 0.0654 e. The summed E-state index contributed by atoms with van der Waals surface area (Å²) < 4.78 is 0. The quantitative estimate of drug-likeness (QED) is 0.554. The van der Waals surface area contributed by atoms with E-state index in [1.165, 1.54) is 31.7 Å². The van der Waals surface area contributed by atoms with Crippen LogP contribution in [0.5, 0.6) is 0 Å². The van der Waals surface area contributed by atoms with Crippen LogP contribution in [0.4, 0.5) is 0 Å². The van der Waals surface area contributed by atoms with E-state index in [0.29, 0.717) is 0 Å². The molecule has 0 saturated heterocycles. The minimum absolute atomic E-state index is 0.874. The van der Waals surface area contributed by atoms with Gasteiger partial charge in [-0.2, -0.15) is 0 Å². The van der Waals surface area contributed by atoms with Crippen LogP contribution in [0.25, 0.3) is 0 Å². The molecule has 1 unspecified atom stereocenters. The van der Waals surface area contributed by atoms with Gasteiger partial charge in [0, 0.05) is 0 Å². The Balaban J connectivity index is 2.91. The standard InChI is InChI=1S/C19H36Si2/c1-8-10-16-20(4,5)18-12-14-19(15-13-18)21(6,7)17(3)11-9-2/h12-15,17H,8-11,16H2,1-7H3. The average molecular weight is 321 g/mol. The summed E-state index contributed by atoms with van der Waals surface area (Å²) in [5, 5.41) is 3.29. The molecule has 0 N–H and O–H groups in total. The van der Waals surface area contributed by atoms with Gasteiger partial charge < -0.3 is 0 Å². The molecule has 0 aromatic heterocycles. The summed E-state index contributed by atoms with van der Waals surface area (Å²) in [6.07, 6.45) is 5.39. The Labute approximate surface area is 135 Å². The first-order chi connectivity index (χ1) is 9.75. The van der Waals surface area contributed by atoms with Gasteiger partial charge in [0.25, 0.3) is 0 Å². The number of rotatable bonds is 8. The van der Waals surface area contributed by atoms with Crippen molar-refractivity contribution in [1.82, 2.24) is 0 Å². The summed E-state index contributed by atoms with van der Waals surface area (Å²) in [5.41, 5.74) is 0.874. The van der Waals surface area contributed by atoms with Crippen molar-refractivity contribution in [2.24, 2.45) is 0 Å². The van der Waals surface area contributed by atoms with E-state index in [-0.39, 0.29) is 0 Å². The highest BCUT2D eigenvalue weighted by atomic mass is 28.3. The summed E-state index contributed by atoms with van der Waals surface area (Å²) in [5.74, 6) is 0. The molecule has 0 heterocycles. The van der Waals surface area contributed by atoms with Gasteiger partial charge in [-0.05, 0) is 5.54 Å². The average Bonchev–Trinajstić information content (AvgIpc) is 2.45. The fourth-order valence-electron chi connectivity index (χ4n) is 3.19. The molecule has 1 aromatic carbocycles. The highest BCUT2D eigenvalue weighted by molar-refractivity contribution is 6.92. The Kier molecular flexibility index (Phi) is 6.93. The van der Waals surface area contributed by atoms with Gasteiger partial charge in [-0.25, -0.2) is 0 Å². The minimum atomic E-state index is -1.30. The normalized spacial score (nSPS) is 14.2. The summed E-state index contributed by atoms with van der Waals surface area (Å²) in [6.45, 7) is 17.2. The predicted molar refractivity (Wildman–Crippen MR) is 105 cm³/mol. The van der Waals surface area contributed by atoms with E-state index < -0.39 is 16.1 Å². The van der Waals surface area contributed by atoms with Crippen LogP contribution in [0.2, 0.25) is 37.8 Å². The maximum atomic E-state index is 2.54. The summed E-state index contributed by atoms with van der Waals surface area (Å²) >= 11 is 0. The Morgan fingerprint density at radius 1 is 0.857 bits per heavy atom.